The molecule has 2 rings (SSSR count). The number of fused-ring (bicyclic) bond motifs is 1. The molecule has 0 atom stereocenters. The Morgan fingerprint density at radius 3 is 2.37 bits per heavy atom. The standard InChI is InChI=1S/C17H23N.H2O/c1-18(2)14-7-3-4-9-15-11-8-12-16-10-5-6-13-17(15)16;/h5-6,8,10-13H,3-4,7,9,14H2,1-2H3;1H2. The topological polar surface area (TPSA) is 34.7 Å². The third-order valence-corrected chi connectivity index (χ3v) is 3.43. The quantitative estimate of drug-likeness (QED) is 0.733. The Hall–Kier alpha value is -1.38. The van der Waals surface area contributed by atoms with Gasteiger partial charge in [0.25, 0.3) is 0 Å². The fourth-order valence-electron chi connectivity index (χ4n) is 2.43. The second-order valence-corrected chi connectivity index (χ2v) is 5.25. The molecule has 0 aliphatic carbocycles. The molecule has 0 heterocycles. The summed E-state index contributed by atoms with van der Waals surface area (Å²) >= 11 is 0. The predicted octanol–water partition coefficient (Wildman–Crippen LogP) is 3.29. The lowest BCUT2D eigenvalue weighted by atomic mass is 10.00. The fraction of sp³-hybridized carbons (Fsp3) is 0.412. The minimum atomic E-state index is 0. The van der Waals surface area contributed by atoms with Gasteiger partial charge in [0, 0.05) is 0 Å². The first-order valence-corrected chi connectivity index (χ1v) is 6.89. The van der Waals surface area contributed by atoms with Gasteiger partial charge in [-0.25, -0.2) is 0 Å². The third-order valence-electron chi connectivity index (χ3n) is 3.43. The Morgan fingerprint density at radius 1 is 0.842 bits per heavy atom. The Morgan fingerprint density at radius 2 is 1.58 bits per heavy atom. The molecule has 0 unspecified atom stereocenters. The van der Waals surface area contributed by atoms with Crippen LogP contribution in [0.5, 0.6) is 0 Å². The minimum absolute atomic E-state index is 0. The van der Waals surface area contributed by atoms with Crippen molar-refractivity contribution in [1.82, 2.24) is 4.90 Å². The summed E-state index contributed by atoms with van der Waals surface area (Å²) in [6.45, 7) is 1.20. The van der Waals surface area contributed by atoms with E-state index in [1.54, 1.807) is 0 Å². The minimum Gasteiger partial charge on any atom is -0.412 e. The lowest BCUT2D eigenvalue weighted by molar-refractivity contribution is 0.392. The Bertz CT molecular complexity index is 488. The molecule has 0 amide bonds. The molecule has 0 saturated carbocycles. The van der Waals surface area contributed by atoms with Crippen molar-refractivity contribution in [1.29, 1.82) is 0 Å². The normalized spacial score (nSPS) is 10.7. The van der Waals surface area contributed by atoms with Crippen LogP contribution in [-0.4, -0.2) is 31.0 Å². The molecule has 0 spiro atoms. The predicted molar refractivity (Wildman–Crippen MR) is 83.7 cm³/mol. The average molecular weight is 259 g/mol. The van der Waals surface area contributed by atoms with E-state index >= 15 is 0 Å². The zero-order chi connectivity index (χ0) is 12.8. The fourth-order valence-corrected chi connectivity index (χ4v) is 2.43. The molecule has 0 aromatic heterocycles. The molecule has 2 aromatic rings. The van der Waals surface area contributed by atoms with Crippen molar-refractivity contribution < 1.29 is 5.48 Å². The SMILES string of the molecule is CN(C)CCCCCc1cccc2ccccc12.O. The molecule has 2 heteroatoms. The van der Waals surface area contributed by atoms with Crippen LogP contribution < -0.4 is 0 Å². The van der Waals surface area contributed by atoms with Crippen LogP contribution in [0.25, 0.3) is 10.8 Å². The van der Waals surface area contributed by atoms with E-state index in [-0.39, 0.29) is 5.48 Å². The number of benzene rings is 2. The molecule has 2 aromatic carbocycles. The third kappa shape index (κ3) is 4.66. The molecule has 2 N–H and O–H groups in total. The van der Waals surface area contributed by atoms with Crippen LogP contribution >= 0.6 is 0 Å². The van der Waals surface area contributed by atoms with Crippen molar-refractivity contribution in [2.45, 2.75) is 25.7 Å². The van der Waals surface area contributed by atoms with Crippen LogP contribution in [0.15, 0.2) is 42.5 Å². The van der Waals surface area contributed by atoms with Gasteiger partial charge in [0.15, 0.2) is 0 Å². The van der Waals surface area contributed by atoms with E-state index in [2.05, 4.69) is 61.5 Å². The molecular formula is C17H25NO. The Kier molecular flexibility index (Phi) is 6.54. The summed E-state index contributed by atoms with van der Waals surface area (Å²) in [7, 11) is 4.29. The highest BCUT2D eigenvalue weighted by Crippen LogP contribution is 2.20. The number of nitrogens with zero attached hydrogens (tertiary/aromatic N) is 1. The van der Waals surface area contributed by atoms with Gasteiger partial charge in [-0.05, 0) is 56.2 Å². The zero-order valence-corrected chi connectivity index (χ0v) is 12.0. The maximum absolute atomic E-state index is 2.27. The van der Waals surface area contributed by atoms with Gasteiger partial charge in [-0.15, -0.1) is 0 Å². The number of hydrogen-bond acceptors (Lipinski definition) is 1. The molecule has 0 aliphatic rings. The Labute approximate surface area is 116 Å². The van der Waals surface area contributed by atoms with Gasteiger partial charge in [-0.1, -0.05) is 48.9 Å². The summed E-state index contributed by atoms with van der Waals surface area (Å²) in [5, 5.41) is 2.79. The summed E-state index contributed by atoms with van der Waals surface area (Å²) in [6.07, 6.45) is 5.12. The average Bonchev–Trinajstić information content (AvgIpc) is 2.38. The van der Waals surface area contributed by atoms with Crippen LogP contribution in [0.4, 0.5) is 0 Å². The van der Waals surface area contributed by atoms with E-state index in [0.717, 1.165) is 0 Å². The van der Waals surface area contributed by atoms with Crippen molar-refractivity contribution >= 4 is 10.8 Å². The second-order valence-electron chi connectivity index (χ2n) is 5.25. The lowest BCUT2D eigenvalue weighted by Gasteiger charge is -2.09. The van der Waals surface area contributed by atoms with Gasteiger partial charge >= 0.3 is 0 Å². The first kappa shape index (κ1) is 15.7. The smallest absolute Gasteiger partial charge is 0.00248 e. The summed E-state index contributed by atoms with van der Waals surface area (Å²) < 4.78 is 0. The maximum Gasteiger partial charge on any atom is -0.00248 e. The number of unbranched alkanes of at least 4 members (excludes halogenated alkanes) is 2. The monoisotopic (exact) mass is 259 g/mol. The highest BCUT2D eigenvalue weighted by molar-refractivity contribution is 5.85. The van der Waals surface area contributed by atoms with Crippen LogP contribution in [-0.2, 0) is 6.42 Å². The molecule has 104 valence electrons. The molecule has 0 fully saturated rings. The highest BCUT2D eigenvalue weighted by atomic mass is 16.0. The zero-order valence-electron chi connectivity index (χ0n) is 12.0. The van der Waals surface area contributed by atoms with Gasteiger partial charge in [0.2, 0.25) is 0 Å². The maximum atomic E-state index is 2.27. The van der Waals surface area contributed by atoms with Gasteiger partial charge in [-0.2, -0.15) is 0 Å². The van der Waals surface area contributed by atoms with Gasteiger partial charge < -0.3 is 10.4 Å². The van der Waals surface area contributed by atoms with E-state index in [9.17, 15) is 0 Å². The largest absolute Gasteiger partial charge is 0.412 e. The van der Waals surface area contributed by atoms with Crippen LogP contribution in [0.1, 0.15) is 24.8 Å². The first-order chi connectivity index (χ1) is 8.77. The number of hydrogen-bond donors (Lipinski definition) is 0. The van der Waals surface area contributed by atoms with E-state index in [1.165, 1.54) is 48.6 Å². The van der Waals surface area contributed by atoms with Gasteiger partial charge in [-0.3, -0.25) is 0 Å². The summed E-state index contributed by atoms with van der Waals surface area (Å²) in [6, 6.07) is 15.3. The van der Waals surface area contributed by atoms with Crippen molar-refractivity contribution in [3.05, 3.63) is 48.0 Å². The van der Waals surface area contributed by atoms with Crippen molar-refractivity contribution in [3.8, 4) is 0 Å². The summed E-state index contributed by atoms with van der Waals surface area (Å²) in [5.74, 6) is 0. The van der Waals surface area contributed by atoms with Crippen LogP contribution in [0.2, 0.25) is 0 Å². The summed E-state index contributed by atoms with van der Waals surface area (Å²) in [5.41, 5.74) is 1.50. The second kappa shape index (κ2) is 7.93. The molecule has 0 aliphatic heterocycles. The molecule has 0 radical (unpaired) electrons. The van der Waals surface area contributed by atoms with Gasteiger partial charge in [0.1, 0.15) is 0 Å². The molecular weight excluding hydrogens is 234 g/mol. The van der Waals surface area contributed by atoms with E-state index < -0.39 is 0 Å². The van der Waals surface area contributed by atoms with E-state index in [1.807, 2.05) is 0 Å². The first-order valence-electron chi connectivity index (χ1n) is 6.89. The van der Waals surface area contributed by atoms with E-state index in [0.29, 0.717) is 0 Å². The van der Waals surface area contributed by atoms with Crippen LogP contribution in [0, 0.1) is 0 Å². The lowest BCUT2D eigenvalue weighted by Crippen LogP contribution is -2.12. The van der Waals surface area contributed by atoms with Crippen molar-refractivity contribution in [2.75, 3.05) is 20.6 Å². The van der Waals surface area contributed by atoms with Gasteiger partial charge in [0.05, 0.1) is 0 Å². The van der Waals surface area contributed by atoms with Crippen molar-refractivity contribution in [3.63, 3.8) is 0 Å². The van der Waals surface area contributed by atoms with Crippen molar-refractivity contribution in [2.24, 2.45) is 0 Å². The van der Waals surface area contributed by atoms with Crippen LogP contribution in [0.3, 0.4) is 0 Å². The number of aryl methyl sites for hydroxylation is 1. The summed E-state index contributed by atoms with van der Waals surface area (Å²) in [4.78, 5) is 2.26. The highest BCUT2D eigenvalue weighted by Gasteiger charge is 2.00. The Balaban J connectivity index is 0.00000180. The molecule has 19 heavy (non-hydrogen) atoms. The number of rotatable bonds is 6. The molecule has 2 nitrogen and oxygen atoms in total. The molecule has 0 bridgehead atoms. The van der Waals surface area contributed by atoms with E-state index in [4.69, 9.17) is 0 Å². The molecule has 0 saturated heterocycles.